The van der Waals surface area contributed by atoms with Crippen molar-refractivity contribution in [2.45, 2.75) is 26.3 Å². The maximum atomic E-state index is 11.2. The van der Waals surface area contributed by atoms with Crippen molar-refractivity contribution >= 4 is 17.2 Å². The third-order valence-corrected chi connectivity index (χ3v) is 2.24. The third-order valence-electron chi connectivity index (χ3n) is 1.36. The van der Waals surface area contributed by atoms with Gasteiger partial charge in [0.15, 0.2) is 0 Å². The minimum Gasteiger partial charge on any atom is -0.354 e. The number of amides is 1. The van der Waals surface area contributed by atoms with Crippen molar-refractivity contribution in [1.29, 1.82) is 0 Å². The molecule has 3 heteroatoms. The average Bonchev–Trinajstić information content (AvgIpc) is 2.37. The molecule has 1 N–H and O–H groups in total. The van der Waals surface area contributed by atoms with Crippen molar-refractivity contribution in [1.82, 2.24) is 5.32 Å². The summed E-state index contributed by atoms with van der Waals surface area (Å²) in [5.74, 6) is 0.104. The third kappa shape index (κ3) is 3.05. The Morgan fingerprint density at radius 3 is 2.92 bits per heavy atom. The molecular weight excluding hydrogens is 170 g/mol. The molecule has 0 spiro atoms. The van der Waals surface area contributed by atoms with Crippen molar-refractivity contribution in [3.63, 3.8) is 0 Å². The molecule has 1 aromatic heterocycles. The van der Waals surface area contributed by atoms with Gasteiger partial charge in [0.05, 0.1) is 6.42 Å². The minimum absolute atomic E-state index is 0.104. The van der Waals surface area contributed by atoms with E-state index in [4.69, 9.17) is 0 Å². The predicted octanol–water partition coefficient (Wildman–Crippen LogP) is 1.82. The molecule has 0 bridgehead atoms. The molecule has 66 valence electrons. The van der Waals surface area contributed by atoms with E-state index in [0.29, 0.717) is 6.42 Å². The van der Waals surface area contributed by atoms with Crippen LogP contribution in [-0.2, 0) is 11.2 Å². The van der Waals surface area contributed by atoms with Gasteiger partial charge in [-0.3, -0.25) is 4.79 Å². The van der Waals surface area contributed by atoms with Crippen LogP contribution in [0.3, 0.4) is 0 Å². The molecule has 1 rings (SSSR count). The van der Waals surface area contributed by atoms with Crippen LogP contribution in [0, 0.1) is 0 Å². The van der Waals surface area contributed by atoms with Gasteiger partial charge >= 0.3 is 0 Å². The standard InChI is InChI=1S/C9H13NOS/c1-7(2)10-9(11)6-8-4-3-5-12-8/h3-5,7H,6H2,1-2H3,(H,10,11). The summed E-state index contributed by atoms with van der Waals surface area (Å²) in [5.41, 5.74) is 0. The van der Waals surface area contributed by atoms with Crippen molar-refractivity contribution in [3.05, 3.63) is 22.4 Å². The van der Waals surface area contributed by atoms with Crippen LogP contribution in [0.2, 0.25) is 0 Å². The fraction of sp³-hybridized carbons (Fsp3) is 0.444. The number of carbonyl (C=O) groups is 1. The van der Waals surface area contributed by atoms with Gasteiger partial charge < -0.3 is 5.32 Å². The molecule has 1 aromatic rings. The highest BCUT2D eigenvalue weighted by atomic mass is 32.1. The number of nitrogens with one attached hydrogen (secondary N) is 1. The van der Waals surface area contributed by atoms with Gasteiger partial charge in [-0.2, -0.15) is 0 Å². The molecule has 0 saturated carbocycles. The lowest BCUT2D eigenvalue weighted by atomic mass is 10.3. The Hall–Kier alpha value is -0.830. The Labute approximate surface area is 76.6 Å². The first-order chi connectivity index (χ1) is 5.68. The number of hydrogen-bond acceptors (Lipinski definition) is 2. The Morgan fingerprint density at radius 2 is 2.42 bits per heavy atom. The van der Waals surface area contributed by atoms with E-state index in [9.17, 15) is 4.79 Å². The van der Waals surface area contributed by atoms with Crippen LogP contribution in [-0.4, -0.2) is 11.9 Å². The highest BCUT2D eigenvalue weighted by Gasteiger charge is 2.04. The molecule has 0 unspecified atom stereocenters. The molecule has 0 aromatic carbocycles. The topological polar surface area (TPSA) is 29.1 Å². The summed E-state index contributed by atoms with van der Waals surface area (Å²) in [6, 6.07) is 4.17. The normalized spacial score (nSPS) is 10.2. The molecule has 0 saturated heterocycles. The summed E-state index contributed by atoms with van der Waals surface area (Å²) >= 11 is 1.62. The maximum Gasteiger partial charge on any atom is 0.225 e. The van der Waals surface area contributed by atoms with Crippen LogP contribution in [0.4, 0.5) is 0 Å². The molecule has 0 radical (unpaired) electrons. The Balaban J connectivity index is 2.37. The van der Waals surface area contributed by atoms with Crippen LogP contribution >= 0.6 is 11.3 Å². The van der Waals surface area contributed by atoms with E-state index >= 15 is 0 Å². The lowest BCUT2D eigenvalue weighted by Gasteiger charge is -2.06. The molecule has 0 fully saturated rings. The summed E-state index contributed by atoms with van der Waals surface area (Å²) < 4.78 is 0. The van der Waals surface area contributed by atoms with Crippen LogP contribution in [0.25, 0.3) is 0 Å². The van der Waals surface area contributed by atoms with E-state index in [1.54, 1.807) is 11.3 Å². The Kier molecular flexibility index (Phi) is 3.29. The molecule has 2 nitrogen and oxygen atoms in total. The van der Waals surface area contributed by atoms with Crippen LogP contribution in [0.1, 0.15) is 18.7 Å². The van der Waals surface area contributed by atoms with E-state index in [-0.39, 0.29) is 11.9 Å². The summed E-state index contributed by atoms with van der Waals surface area (Å²) in [6.45, 7) is 3.93. The summed E-state index contributed by atoms with van der Waals surface area (Å²) in [5, 5.41) is 4.83. The van der Waals surface area contributed by atoms with Crippen LogP contribution < -0.4 is 5.32 Å². The zero-order chi connectivity index (χ0) is 8.97. The quantitative estimate of drug-likeness (QED) is 0.761. The van der Waals surface area contributed by atoms with Gasteiger partial charge in [-0.25, -0.2) is 0 Å². The second kappa shape index (κ2) is 4.26. The van der Waals surface area contributed by atoms with Crippen LogP contribution in [0.5, 0.6) is 0 Å². The lowest BCUT2D eigenvalue weighted by molar-refractivity contribution is -0.120. The van der Waals surface area contributed by atoms with Gasteiger partial charge in [-0.05, 0) is 25.3 Å². The number of carbonyl (C=O) groups excluding carboxylic acids is 1. The van der Waals surface area contributed by atoms with E-state index < -0.39 is 0 Å². The second-order valence-corrected chi connectivity index (χ2v) is 4.01. The lowest BCUT2D eigenvalue weighted by Crippen LogP contribution is -2.31. The SMILES string of the molecule is CC(C)NC(=O)Cc1cccs1. The van der Waals surface area contributed by atoms with Gasteiger partial charge in [-0.15, -0.1) is 11.3 Å². The first-order valence-corrected chi connectivity index (χ1v) is 4.88. The highest BCUT2D eigenvalue weighted by molar-refractivity contribution is 7.10. The second-order valence-electron chi connectivity index (χ2n) is 2.98. The fourth-order valence-electron chi connectivity index (χ4n) is 0.944. The summed E-state index contributed by atoms with van der Waals surface area (Å²) in [7, 11) is 0. The molecule has 0 aliphatic rings. The maximum absolute atomic E-state index is 11.2. The van der Waals surface area contributed by atoms with Gasteiger partial charge in [0.25, 0.3) is 0 Å². The van der Waals surface area contributed by atoms with E-state index in [0.717, 1.165) is 4.88 Å². The van der Waals surface area contributed by atoms with Gasteiger partial charge in [0.1, 0.15) is 0 Å². The molecule has 1 heterocycles. The van der Waals surface area contributed by atoms with Gasteiger partial charge in [0.2, 0.25) is 5.91 Å². The molecule has 0 atom stereocenters. The zero-order valence-corrected chi connectivity index (χ0v) is 8.15. The molecular formula is C9H13NOS. The van der Waals surface area contributed by atoms with Crippen LogP contribution in [0.15, 0.2) is 17.5 Å². The van der Waals surface area contributed by atoms with E-state index in [2.05, 4.69) is 5.32 Å². The van der Waals surface area contributed by atoms with Crippen molar-refractivity contribution in [2.24, 2.45) is 0 Å². The van der Waals surface area contributed by atoms with Gasteiger partial charge in [-0.1, -0.05) is 6.07 Å². The van der Waals surface area contributed by atoms with E-state index in [1.165, 1.54) is 0 Å². The molecule has 1 amide bonds. The summed E-state index contributed by atoms with van der Waals surface area (Å²) in [4.78, 5) is 12.3. The van der Waals surface area contributed by atoms with Gasteiger partial charge in [0, 0.05) is 10.9 Å². The largest absolute Gasteiger partial charge is 0.354 e. The number of hydrogen-bond donors (Lipinski definition) is 1. The predicted molar refractivity (Wildman–Crippen MR) is 51.3 cm³/mol. The fourth-order valence-corrected chi connectivity index (χ4v) is 1.65. The van der Waals surface area contributed by atoms with E-state index in [1.807, 2.05) is 31.4 Å². The number of thiophene rings is 1. The van der Waals surface area contributed by atoms with Crippen molar-refractivity contribution < 1.29 is 4.79 Å². The highest BCUT2D eigenvalue weighted by Crippen LogP contribution is 2.08. The first kappa shape index (κ1) is 9.26. The molecule has 12 heavy (non-hydrogen) atoms. The first-order valence-electron chi connectivity index (χ1n) is 4.00. The van der Waals surface area contributed by atoms with Crippen molar-refractivity contribution in [3.8, 4) is 0 Å². The monoisotopic (exact) mass is 183 g/mol. The molecule has 0 aliphatic heterocycles. The van der Waals surface area contributed by atoms with Crippen molar-refractivity contribution in [2.75, 3.05) is 0 Å². The average molecular weight is 183 g/mol. The minimum atomic E-state index is 0.104. The number of rotatable bonds is 3. The Bertz CT molecular complexity index is 241. The summed E-state index contributed by atoms with van der Waals surface area (Å²) in [6.07, 6.45) is 0.510. The smallest absolute Gasteiger partial charge is 0.225 e. The zero-order valence-electron chi connectivity index (χ0n) is 7.33. The Morgan fingerprint density at radius 1 is 1.67 bits per heavy atom. The molecule has 0 aliphatic carbocycles.